The van der Waals surface area contributed by atoms with E-state index < -0.39 is 5.97 Å². The standard InChI is InChI=1S/C16H20N2O4/c1-10-12(16(20)21)9-11-4-6-18(7-5-13(11)17-10)15(19)14-3-2-8-22-14/h9,14H,2-8H2,1H3,(H,20,21)/t14-/m0/s1. The van der Waals surface area contributed by atoms with Crippen LogP contribution in [0.5, 0.6) is 0 Å². The van der Waals surface area contributed by atoms with Crippen molar-refractivity contribution >= 4 is 11.9 Å². The normalized spacial score (nSPS) is 21.3. The van der Waals surface area contributed by atoms with Gasteiger partial charge >= 0.3 is 5.97 Å². The number of hydrogen-bond acceptors (Lipinski definition) is 4. The summed E-state index contributed by atoms with van der Waals surface area (Å²) in [4.78, 5) is 29.9. The van der Waals surface area contributed by atoms with Gasteiger partial charge in [0.15, 0.2) is 0 Å². The average molecular weight is 304 g/mol. The first-order valence-electron chi connectivity index (χ1n) is 7.69. The summed E-state index contributed by atoms with van der Waals surface area (Å²) >= 11 is 0. The summed E-state index contributed by atoms with van der Waals surface area (Å²) in [5.74, 6) is -0.898. The Morgan fingerprint density at radius 3 is 2.82 bits per heavy atom. The molecule has 3 heterocycles. The molecular formula is C16H20N2O4. The number of ether oxygens (including phenoxy) is 1. The van der Waals surface area contributed by atoms with E-state index in [2.05, 4.69) is 4.98 Å². The summed E-state index contributed by atoms with van der Waals surface area (Å²) in [6, 6.07) is 1.71. The largest absolute Gasteiger partial charge is 0.478 e. The Kier molecular flexibility index (Phi) is 4.11. The predicted molar refractivity (Wildman–Crippen MR) is 78.9 cm³/mol. The van der Waals surface area contributed by atoms with Gasteiger partial charge in [-0.25, -0.2) is 4.79 Å². The molecule has 1 amide bonds. The molecule has 22 heavy (non-hydrogen) atoms. The van der Waals surface area contributed by atoms with Crippen LogP contribution in [0, 0.1) is 6.92 Å². The Hall–Kier alpha value is -1.95. The van der Waals surface area contributed by atoms with Crippen molar-refractivity contribution in [3.63, 3.8) is 0 Å². The molecule has 0 saturated carbocycles. The highest BCUT2D eigenvalue weighted by molar-refractivity contribution is 5.89. The monoisotopic (exact) mass is 304 g/mol. The first kappa shape index (κ1) is 15.0. The molecule has 2 aliphatic rings. The molecule has 1 aromatic heterocycles. The van der Waals surface area contributed by atoms with E-state index in [1.807, 2.05) is 4.90 Å². The van der Waals surface area contributed by atoms with Crippen molar-refractivity contribution in [2.75, 3.05) is 19.7 Å². The van der Waals surface area contributed by atoms with E-state index in [0.29, 0.717) is 38.2 Å². The van der Waals surface area contributed by atoms with Crippen molar-refractivity contribution in [2.45, 2.75) is 38.7 Å². The average Bonchev–Trinajstić information content (AvgIpc) is 2.94. The number of carboxylic acids is 1. The van der Waals surface area contributed by atoms with Crippen molar-refractivity contribution in [1.29, 1.82) is 0 Å². The lowest BCUT2D eigenvalue weighted by molar-refractivity contribution is -0.140. The molecule has 0 unspecified atom stereocenters. The van der Waals surface area contributed by atoms with E-state index in [0.717, 1.165) is 24.1 Å². The highest BCUT2D eigenvalue weighted by Crippen LogP contribution is 2.21. The first-order chi connectivity index (χ1) is 10.6. The van der Waals surface area contributed by atoms with Gasteiger partial charge in [0.25, 0.3) is 5.91 Å². The number of fused-ring (bicyclic) bond motifs is 1. The molecule has 0 bridgehead atoms. The molecule has 0 radical (unpaired) electrons. The highest BCUT2D eigenvalue weighted by atomic mass is 16.5. The van der Waals surface area contributed by atoms with Crippen molar-refractivity contribution < 1.29 is 19.4 Å². The molecule has 2 aliphatic heterocycles. The van der Waals surface area contributed by atoms with Gasteiger partial charge in [0.2, 0.25) is 0 Å². The second-order valence-electron chi connectivity index (χ2n) is 5.86. The third-order valence-electron chi connectivity index (χ3n) is 4.40. The molecule has 0 aromatic carbocycles. The zero-order valence-corrected chi connectivity index (χ0v) is 12.7. The summed E-state index contributed by atoms with van der Waals surface area (Å²) in [6.45, 7) is 3.58. The van der Waals surface area contributed by atoms with Crippen LogP contribution in [0.1, 0.15) is 40.2 Å². The lowest BCUT2D eigenvalue weighted by atomic mass is 10.0. The Morgan fingerprint density at radius 1 is 1.36 bits per heavy atom. The zero-order valence-electron chi connectivity index (χ0n) is 12.7. The van der Waals surface area contributed by atoms with Gasteiger partial charge in [-0.2, -0.15) is 0 Å². The number of carbonyl (C=O) groups is 2. The fraction of sp³-hybridized carbons (Fsp3) is 0.562. The molecule has 1 atom stereocenters. The minimum Gasteiger partial charge on any atom is -0.478 e. The van der Waals surface area contributed by atoms with Crippen molar-refractivity contribution in [2.24, 2.45) is 0 Å². The molecule has 0 aliphatic carbocycles. The Balaban J connectivity index is 1.77. The number of carbonyl (C=O) groups excluding carboxylic acids is 1. The SMILES string of the molecule is Cc1nc2c(cc1C(=O)O)CCN(C(=O)[C@@H]1CCCO1)CC2. The summed E-state index contributed by atoms with van der Waals surface area (Å²) in [7, 11) is 0. The summed E-state index contributed by atoms with van der Waals surface area (Å²) in [5, 5.41) is 9.20. The summed E-state index contributed by atoms with van der Waals surface area (Å²) in [6.07, 6.45) is 2.73. The van der Waals surface area contributed by atoms with Crippen molar-refractivity contribution in [1.82, 2.24) is 9.88 Å². The van der Waals surface area contributed by atoms with Gasteiger partial charge in [-0.3, -0.25) is 9.78 Å². The number of nitrogens with zero attached hydrogens (tertiary/aromatic N) is 2. The molecule has 6 heteroatoms. The van der Waals surface area contributed by atoms with Crippen LogP contribution in [0.4, 0.5) is 0 Å². The van der Waals surface area contributed by atoms with E-state index in [1.165, 1.54) is 0 Å². The third-order valence-corrected chi connectivity index (χ3v) is 4.40. The number of aryl methyl sites for hydroxylation is 1. The number of aromatic nitrogens is 1. The van der Waals surface area contributed by atoms with Crippen LogP contribution >= 0.6 is 0 Å². The van der Waals surface area contributed by atoms with Gasteiger partial charge in [0.05, 0.1) is 11.3 Å². The lowest BCUT2D eigenvalue weighted by Gasteiger charge is -2.23. The van der Waals surface area contributed by atoms with E-state index in [1.54, 1.807) is 13.0 Å². The van der Waals surface area contributed by atoms with Crippen molar-refractivity contribution in [3.8, 4) is 0 Å². The lowest BCUT2D eigenvalue weighted by Crippen LogP contribution is -2.40. The Labute approximate surface area is 129 Å². The number of carboxylic acid groups (broad SMARTS) is 1. The highest BCUT2D eigenvalue weighted by Gasteiger charge is 2.29. The van der Waals surface area contributed by atoms with Crippen molar-refractivity contribution in [3.05, 3.63) is 28.6 Å². The van der Waals surface area contributed by atoms with Gasteiger partial charge < -0.3 is 14.7 Å². The number of pyridine rings is 1. The van der Waals surface area contributed by atoms with E-state index >= 15 is 0 Å². The maximum absolute atomic E-state index is 12.4. The predicted octanol–water partition coefficient (Wildman–Crippen LogP) is 1.19. The molecule has 6 nitrogen and oxygen atoms in total. The number of aromatic carboxylic acids is 1. The third kappa shape index (κ3) is 2.83. The second-order valence-corrected chi connectivity index (χ2v) is 5.86. The first-order valence-corrected chi connectivity index (χ1v) is 7.69. The van der Waals surface area contributed by atoms with Gasteiger partial charge in [-0.1, -0.05) is 0 Å². The molecule has 1 saturated heterocycles. The minimum atomic E-state index is -0.954. The van der Waals surface area contributed by atoms with Crippen LogP contribution in [-0.4, -0.2) is 52.7 Å². The number of rotatable bonds is 2. The molecule has 3 rings (SSSR count). The van der Waals surface area contributed by atoms with Gasteiger partial charge in [0, 0.05) is 31.8 Å². The Bertz CT molecular complexity index is 608. The van der Waals surface area contributed by atoms with Crippen LogP contribution in [0.25, 0.3) is 0 Å². The molecule has 1 N–H and O–H groups in total. The van der Waals surface area contributed by atoms with Gasteiger partial charge in [0.1, 0.15) is 6.10 Å². The fourth-order valence-corrected chi connectivity index (χ4v) is 3.15. The van der Waals surface area contributed by atoms with Crippen LogP contribution in [0.3, 0.4) is 0 Å². The van der Waals surface area contributed by atoms with Crippen LogP contribution in [0.2, 0.25) is 0 Å². The Morgan fingerprint density at radius 2 is 2.14 bits per heavy atom. The summed E-state index contributed by atoms with van der Waals surface area (Å²) < 4.78 is 5.47. The maximum atomic E-state index is 12.4. The smallest absolute Gasteiger partial charge is 0.337 e. The van der Waals surface area contributed by atoms with E-state index in [4.69, 9.17) is 4.74 Å². The maximum Gasteiger partial charge on any atom is 0.337 e. The number of amides is 1. The van der Waals surface area contributed by atoms with E-state index in [9.17, 15) is 14.7 Å². The quantitative estimate of drug-likeness (QED) is 0.888. The van der Waals surface area contributed by atoms with Crippen LogP contribution < -0.4 is 0 Å². The molecule has 1 fully saturated rings. The van der Waals surface area contributed by atoms with Crippen LogP contribution in [-0.2, 0) is 22.4 Å². The van der Waals surface area contributed by atoms with E-state index in [-0.39, 0.29) is 17.6 Å². The molecular weight excluding hydrogens is 284 g/mol. The zero-order chi connectivity index (χ0) is 15.7. The van der Waals surface area contributed by atoms with Gasteiger partial charge in [-0.15, -0.1) is 0 Å². The topological polar surface area (TPSA) is 79.7 Å². The molecule has 1 aromatic rings. The van der Waals surface area contributed by atoms with Gasteiger partial charge in [-0.05, 0) is 37.8 Å². The molecule has 118 valence electrons. The molecule has 0 spiro atoms. The van der Waals surface area contributed by atoms with Crippen LogP contribution in [0.15, 0.2) is 6.07 Å². The minimum absolute atomic E-state index is 0.0560. The summed E-state index contributed by atoms with van der Waals surface area (Å²) in [5.41, 5.74) is 2.62. The second kappa shape index (κ2) is 6.04. The number of hydrogen-bond donors (Lipinski definition) is 1. The fourth-order valence-electron chi connectivity index (χ4n) is 3.15.